The van der Waals surface area contributed by atoms with Crippen molar-refractivity contribution in [2.75, 3.05) is 12.4 Å². The second-order valence-electron chi connectivity index (χ2n) is 7.79. The molecule has 10 heteroatoms. The Hall–Kier alpha value is -4.08. The number of aromatic amines is 1. The van der Waals surface area contributed by atoms with Crippen molar-refractivity contribution < 1.29 is 14.0 Å². The molecule has 0 spiro atoms. The number of hydrogen-bond donors (Lipinski definition) is 3. The molecule has 1 fully saturated rings. The number of amides is 2. The van der Waals surface area contributed by atoms with Crippen molar-refractivity contribution in [3.8, 4) is 22.6 Å². The van der Waals surface area contributed by atoms with E-state index in [1.807, 2.05) is 0 Å². The number of H-pyrrole nitrogens is 1. The Morgan fingerprint density at radius 2 is 2.06 bits per heavy atom. The molecule has 3 heterocycles. The fourth-order valence-electron chi connectivity index (χ4n) is 3.65. The molecule has 1 aliphatic carbocycles. The smallest absolute Gasteiger partial charge is 0.253 e. The number of halogens is 1. The number of fused-ring (bicyclic) bond motifs is 1. The van der Waals surface area contributed by atoms with Gasteiger partial charge in [0, 0.05) is 48.4 Å². The number of pyridine rings is 1. The number of carbonyl (C=O) groups is 2. The quantitative estimate of drug-likeness (QED) is 0.447. The van der Waals surface area contributed by atoms with Crippen molar-refractivity contribution in [1.29, 1.82) is 0 Å². The van der Waals surface area contributed by atoms with Crippen LogP contribution in [0, 0.1) is 11.7 Å². The van der Waals surface area contributed by atoms with Gasteiger partial charge in [-0.2, -0.15) is 0 Å². The summed E-state index contributed by atoms with van der Waals surface area (Å²) in [5.74, 6) is -0.0520. The third-order valence-corrected chi connectivity index (χ3v) is 5.56. The van der Waals surface area contributed by atoms with Crippen LogP contribution in [-0.2, 0) is 11.8 Å². The Balaban J connectivity index is 1.60. The maximum absolute atomic E-state index is 15.1. The van der Waals surface area contributed by atoms with E-state index in [2.05, 4.69) is 30.8 Å². The van der Waals surface area contributed by atoms with E-state index in [-0.39, 0.29) is 17.7 Å². The van der Waals surface area contributed by atoms with Crippen LogP contribution < -0.4 is 10.6 Å². The number of benzene rings is 1. The van der Waals surface area contributed by atoms with E-state index >= 15 is 4.39 Å². The van der Waals surface area contributed by atoms with Gasteiger partial charge >= 0.3 is 0 Å². The summed E-state index contributed by atoms with van der Waals surface area (Å²) in [6.45, 7) is 0. The Morgan fingerprint density at radius 1 is 1.25 bits per heavy atom. The summed E-state index contributed by atoms with van der Waals surface area (Å²) in [5.41, 5.74) is 2.15. The van der Waals surface area contributed by atoms with Crippen LogP contribution in [0.5, 0.6) is 0 Å². The highest BCUT2D eigenvalue weighted by molar-refractivity contribution is 6.11. The molecule has 0 aliphatic heterocycles. The maximum Gasteiger partial charge on any atom is 0.253 e. The fourth-order valence-corrected chi connectivity index (χ4v) is 3.65. The Morgan fingerprint density at radius 3 is 2.72 bits per heavy atom. The summed E-state index contributed by atoms with van der Waals surface area (Å²) in [4.78, 5) is 32.1. The van der Waals surface area contributed by atoms with Crippen molar-refractivity contribution in [2.24, 2.45) is 13.0 Å². The minimum Gasteiger partial charge on any atom is -0.355 e. The molecule has 1 aliphatic rings. The molecular formula is C22H20FN7O2. The molecule has 9 nitrogen and oxygen atoms in total. The van der Waals surface area contributed by atoms with Crippen molar-refractivity contribution >= 4 is 28.5 Å². The van der Waals surface area contributed by atoms with Gasteiger partial charge in [-0.15, -0.1) is 10.2 Å². The number of nitrogens with zero attached hydrogens (tertiary/aromatic N) is 4. The SMILES string of the molecule is CNC(=O)c1cnc(NC(=O)C2CC2)c2[nH]c(-c3ccc(-c4nncn4C)cc3F)cc12. The average Bonchev–Trinajstić information content (AvgIpc) is 3.41. The highest BCUT2D eigenvalue weighted by Gasteiger charge is 2.30. The van der Waals surface area contributed by atoms with Crippen molar-refractivity contribution in [3.05, 3.63) is 48.2 Å². The van der Waals surface area contributed by atoms with Gasteiger partial charge in [0.05, 0.1) is 11.1 Å². The molecule has 0 radical (unpaired) electrons. The monoisotopic (exact) mass is 433 g/mol. The van der Waals surface area contributed by atoms with Crippen LogP contribution in [0.4, 0.5) is 10.2 Å². The number of aryl methyl sites for hydroxylation is 1. The van der Waals surface area contributed by atoms with Crippen LogP contribution in [0.1, 0.15) is 23.2 Å². The zero-order valence-electron chi connectivity index (χ0n) is 17.4. The van der Waals surface area contributed by atoms with Crippen LogP contribution in [0.25, 0.3) is 33.5 Å². The molecule has 162 valence electrons. The van der Waals surface area contributed by atoms with Gasteiger partial charge in [-0.25, -0.2) is 9.37 Å². The first-order chi connectivity index (χ1) is 15.5. The first kappa shape index (κ1) is 19.9. The summed E-state index contributed by atoms with van der Waals surface area (Å²) in [6, 6.07) is 6.47. The van der Waals surface area contributed by atoms with Crippen LogP contribution >= 0.6 is 0 Å². The lowest BCUT2D eigenvalue weighted by Gasteiger charge is -2.07. The normalized spacial score (nSPS) is 13.3. The van der Waals surface area contributed by atoms with Gasteiger partial charge in [0.15, 0.2) is 11.6 Å². The molecule has 5 rings (SSSR count). The number of nitrogens with one attached hydrogen (secondary N) is 3. The lowest BCUT2D eigenvalue weighted by Crippen LogP contribution is -2.19. The second-order valence-corrected chi connectivity index (χ2v) is 7.79. The number of hydrogen-bond acceptors (Lipinski definition) is 5. The minimum atomic E-state index is -0.463. The van der Waals surface area contributed by atoms with E-state index in [0.717, 1.165) is 12.8 Å². The Kier molecular flexibility index (Phi) is 4.69. The topological polar surface area (TPSA) is 118 Å². The van der Waals surface area contributed by atoms with Crippen LogP contribution in [0.15, 0.2) is 36.8 Å². The molecule has 0 saturated heterocycles. The maximum atomic E-state index is 15.1. The largest absolute Gasteiger partial charge is 0.355 e. The first-order valence-corrected chi connectivity index (χ1v) is 10.1. The van der Waals surface area contributed by atoms with E-state index in [1.54, 1.807) is 36.1 Å². The molecule has 3 N–H and O–H groups in total. The van der Waals surface area contributed by atoms with Gasteiger partial charge in [0.2, 0.25) is 5.91 Å². The predicted octanol–water partition coefficient (Wildman–Crippen LogP) is 2.87. The van der Waals surface area contributed by atoms with E-state index in [9.17, 15) is 9.59 Å². The summed E-state index contributed by atoms with van der Waals surface area (Å²) in [6.07, 6.45) is 4.66. The number of anilines is 1. The molecule has 1 aromatic carbocycles. The van der Waals surface area contributed by atoms with Gasteiger partial charge < -0.3 is 20.2 Å². The molecule has 0 bridgehead atoms. The third kappa shape index (κ3) is 3.39. The Bertz CT molecular complexity index is 1370. The summed E-state index contributed by atoms with van der Waals surface area (Å²) in [7, 11) is 3.30. The summed E-state index contributed by atoms with van der Waals surface area (Å²) < 4.78 is 16.8. The molecule has 3 aromatic heterocycles. The zero-order valence-corrected chi connectivity index (χ0v) is 17.4. The highest BCUT2D eigenvalue weighted by Crippen LogP contribution is 2.34. The lowest BCUT2D eigenvalue weighted by atomic mass is 10.1. The van der Waals surface area contributed by atoms with Gasteiger partial charge in [-0.05, 0) is 31.0 Å². The van der Waals surface area contributed by atoms with E-state index in [1.165, 1.54) is 19.3 Å². The second kappa shape index (κ2) is 7.56. The van der Waals surface area contributed by atoms with Gasteiger partial charge in [0.1, 0.15) is 12.1 Å². The Labute approximate surface area is 182 Å². The molecule has 1 saturated carbocycles. The number of carbonyl (C=O) groups excluding carboxylic acids is 2. The molecular weight excluding hydrogens is 413 g/mol. The van der Waals surface area contributed by atoms with Crippen LogP contribution in [0.2, 0.25) is 0 Å². The van der Waals surface area contributed by atoms with Crippen molar-refractivity contribution in [3.63, 3.8) is 0 Å². The number of aromatic nitrogens is 5. The van der Waals surface area contributed by atoms with Crippen LogP contribution in [-0.4, -0.2) is 43.6 Å². The molecule has 32 heavy (non-hydrogen) atoms. The fraction of sp³-hybridized carbons (Fsp3) is 0.227. The van der Waals surface area contributed by atoms with E-state index in [0.29, 0.717) is 44.9 Å². The average molecular weight is 433 g/mol. The predicted molar refractivity (Wildman–Crippen MR) is 116 cm³/mol. The van der Waals surface area contributed by atoms with Crippen molar-refractivity contribution in [1.82, 2.24) is 30.0 Å². The van der Waals surface area contributed by atoms with E-state index in [4.69, 9.17) is 0 Å². The van der Waals surface area contributed by atoms with Crippen LogP contribution in [0.3, 0.4) is 0 Å². The standard InChI is InChI=1S/C22H20FN7O2/c1-24-22(32)15-9-25-19(28-21(31)11-3-4-11)18-14(15)8-17(27-18)13-6-5-12(7-16(13)23)20-29-26-10-30(20)2/h5-11,27H,3-4H2,1-2H3,(H,24,32)(H,25,28,31). The van der Waals surface area contributed by atoms with Crippen molar-refractivity contribution in [2.45, 2.75) is 12.8 Å². The summed E-state index contributed by atoms with van der Waals surface area (Å²) in [5, 5.41) is 13.8. The van der Waals surface area contributed by atoms with Gasteiger partial charge in [0.25, 0.3) is 5.91 Å². The molecule has 4 aromatic rings. The highest BCUT2D eigenvalue weighted by atomic mass is 19.1. The lowest BCUT2D eigenvalue weighted by molar-refractivity contribution is -0.117. The molecule has 0 unspecified atom stereocenters. The first-order valence-electron chi connectivity index (χ1n) is 10.1. The summed E-state index contributed by atoms with van der Waals surface area (Å²) >= 11 is 0. The van der Waals surface area contributed by atoms with Gasteiger partial charge in [-0.1, -0.05) is 6.07 Å². The molecule has 0 atom stereocenters. The zero-order chi connectivity index (χ0) is 22.4. The number of rotatable bonds is 5. The van der Waals surface area contributed by atoms with E-state index < -0.39 is 5.82 Å². The molecule has 2 amide bonds. The van der Waals surface area contributed by atoms with Gasteiger partial charge in [-0.3, -0.25) is 9.59 Å². The minimum absolute atomic E-state index is 0.00880. The third-order valence-electron chi connectivity index (χ3n) is 5.56.